The summed E-state index contributed by atoms with van der Waals surface area (Å²) in [6.45, 7) is 1.32. The molecule has 1 amide bonds. The summed E-state index contributed by atoms with van der Waals surface area (Å²) >= 11 is 0. The van der Waals surface area contributed by atoms with Crippen LogP contribution in [0.2, 0.25) is 0 Å². The fourth-order valence-corrected chi connectivity index (χ4v) is 4.12. The SMILES string of the molecule is CS(=O)(=O)NC1CCN(C2CCc3ccccc3NC2=O)C1. The Morgan fingerprint density at radius 3 is 2.82 bits per heavy atom. The summed E-state index contributed by atoms with van der Waals surface area (Å²) in [6.07, 6.45) is 3.52. The Bertz CT molecular complexity index is 674. The summed E-state index contributed by atoms with van der Waals surface area (Å²) < 4.78 is 25.3. The maximum atomic E-state index is 12.5. The lowest BCUT2D eigenvalue weighted by atomic mass is 10.1. The lowest BCUT2D eigenvalue weighted by molar-refractivity contribution is -0.121. The Balaban J connectivity index is 1.68. The zero-order chi connectivity index (χ0) is 15.7. The van der Waals surface area contributed by atoms with E-state index >= 15 is 0 Å². The molecule has 0 radical (unpaired) electrons. The zero-order valence-corrected chi connectivity index (χ0v) is 13.4. The van der Waals surface area contributed by atoms with Crippen molar-refractivity contribution in [2.45, 2.75) is 31.3 Å². The highest BCUT2D eigenvalue weighted by atomic mass is 32.2. The molecule has 0 aromatic heterocycles. The molecule has 120 valence electrons. The Kier molecular flexibility index (Phi) is 4.20. The third-order valence-electron chi connectivity index (χ3n) is 4.31. The molecular weight excluding hydrogens is 302 g/mol. The number of nitrogens with zero attached hydrogens (tertiary/aromatic N) is 1. The largest absolute Gasteiger partial charge is 0.324 e. The van der Waals surface area contributed by atoms with Crippen molar-refractivity contribution < 1.29 is 13.2 Å². The van der Waals surface area contributed by atoms with Gasteiger partial charge in [0.15, 0.2) is 0 Å². The highest BCUT2D eigenvalue weighted by Crippen LogP contribution is 2.25. The van der Waals surface area contributed by atoms with Crippen molar-refractivity contribution in [1.82, 2.24) is 9.62 Å². The highest BCUT2D eigenvalue weighted by Gasteiger charge is 2.34. The minimum Gasteiger partial charge on any atom is -0.324 e. The molecule has 3 rings (SSSR count). The molecule has 2 aliphatic heterocycles. The minimum absolute atomic E-state index is 0.00459. The topological polar surface area (TPSA) is 78.5 Å². The zero-order valence-electron chi connectivity index (χ0n) is 12.6. The van der Waals surface area contributed by atoms with Crippen LogP contribution in [-0.2, 0) is 21.2 Å². The van der Waals surface area contributed by atoms with Crippen molar-refractivity contribution in [2.75, 3.05) is 24.7 Å². The summed E-state index contributed by atoms with van der Waals surface area (Å²) in [5.41, 5.74) is 2.04. The number of carbonyl (C=O) groups excluding carboxylic acids is 1. The summed E-state index contributed by atoms with van der Waals surface area (Å²) in [5, 5.41) is 2.99. The first-order valence-electron chi connectivity index (χ1n) is 7.52. The first kappa shape index (κ1) is 15.5. The normalized spacial score (nSPS) is 26.3. The maximum absolute atomic E-state index is 12.5. The molecule has 1 aromatic rings. The van der Waals surface area contributed by atoms with E-state index in [9.17, 15) is 13.2 Å². The fourth-order valence-electron chi connectivity index (χ4n) is 3.32. The molecule has 0 saturated carbocycles. The number of hydrogen-bond donors (Lipinski definition) is 2. The van der Waals surface area contributed by atoms with Crippen molar-refractivity contribution in [3.63, 3.8) is 0 Å². The summed E-state index contributed by atoms with van der Waals surface area (Å²) in [4.78, 5) is 14.6. The van der Waals surface area contributed by atoms with Crippen LogP contribution in [0.1, 0.15) is 18.4 Å². The number of rotatable bonds is 3. The number of benzene rings is 1. The van der Waals surface area contributed by atoms with E-state index in [1.807, 2.05) is 24.3 Å². The predicted molar refractivity (Wildman–Crippen MR) is 85.1 cm³/mol. The lowest BCUT2D eigenvalue weighted by Crippen LogP contribution is -2.44. The number of fused-ring (bicyclic) bond motifs is 1. The van der Waals surface area contributed by atoms with Gasteiger partial charge >= 0.3 is 0 Å². The predicted octanol–water partition coefficient (Wildman–Crippen LogP) is 0.563. The highest BCUT2D eigenvalue weighted by molar-refractivity contribution is 7.88. The van der Waals surface area contributed by atoms with Crippen LogP contribution in [0.15, 0.2) is 24.3 Å². The second-order valence-electron chi connectivity index (χ2n) is 6.07. The van der Waals surface area contributed by atoms with Gasteiger partial charge in [-0.2, -0.15) is 0 Å². The molecular formula is C15H21N3O3S. The van der Waals surface area contributed by atoms with Crippen molar-refractivity contribution in [2.24, 2.45) is 0 Å². The van der Waals surface area contributed by atoms with E-state index in [1.54, 1.807) is 0 Å². The second kappa shape index (κ2) is 5.98. The standard InChI is InChI=1S/C15H21N3O3S/c1-22(20,21)17-12-8-9-18(10-12)14-7-6-11-4-2-3-5-13(11)16-15(14)19/h2-5,12,14,17H,6-10H2,1H3,(H,16,19). The van der Waals surface area contributed by atoms with E-state index in [2.05, 4.69) is 14.9 Å². The minimum atomic E-state index is -3.20. The molecule has 2 unspecified atom stereocenters. The summed E-state index contributed by atoms with van der Waals surface area (Å²) in [5.74, 6) is 0.00459. The van der Waals surface area contributed by atoms with Crippen LogP contribution < -0.4 is 10.0 Å². The number of carbonyl (C=O) groups is 1. The van der Waals surface area contributed by atoms with Crippen molar-refractivity contribution >= 4 is 21.6 Å². The maximum Gasteiger partial charge on any atom is 0.241 e. The monoisotopic (exact) mass is 323 g/mol. The number of aryl methyl sites for hydroxylation is 1. The number of para-hydroxylation sites is 1. The molecule has 2 atom stereocenters. The van der Waals surface area contributed by atoms with Gasteiger partial charge in [-0.25, -0.2) is 13.1 Å². The van der Waals surface area contributed by atoms with Crippen LogP contribution in [-0.4, -0.2) is 50.7 Å². The first-order valence-corrected chi connectivity index (χ1v) is 9.41. The molecule has 2 aliphatic rings. The quantitative estimate of drug-likeness (QED) is 0.852. The van der Waals surface area contributed by atoms with E-state index in [1.165, 1.54) is 6.26 Å². The van der Waals surface area contributed by atoms with E-state index in [-0.39, 0.29) is 18.0 Å². The van der Waals surface area contributed by atoms with Gasteiger partial charge in [0.25, 0.3) is 0 Å². The van der Waals surface area contributed by atoms with E-state index in [0.717, 1.165) is 37.1 Å². The average Bonchev–Trinajstić information content (AvgIpc) is 2.79. The van der Waals surface area contributed by atoms with Gasteiger partial charge in [-0.15, -0.1) is 0 Å². The fraction of sp³-hybridized carbons (Fsp3) is 0.533. The van der Waals surface area contributed by atoms with Crippen LogP contribution in [0.3, 0.4) is 0 Å². The number of amides is 1. The molecule has 0 aliphatic carbocycles. The van der Waals surface area contributed by atoms with Gasteiger partial charge in [0.05, 0.1) is 12.3 Å². The van der Waals surface area contributed by atoms with E-state index < -0.39 is 10.0 Å². The van der Waals surface area contributed by atoms with Gasteiger partial charge in [-0.05, 0) is 30.9 Å². The van der Waals surface area contributed by atoms with E-state index in [0.29, 0.717) is 6.54 Å². The Morgan fingerprint density at radius 1 is 1.27 bits per heavy atom. The third kappa shape index (κ3) is 3.48. The molecule has 0 bridgehead atoms. The van der Waals surface area contributed by atoms with Gasteiger partial charge < -0.3 is 5.32 Å². The summed E-state index contributed by atoms with van der Waals surface area (Å²) in [7, 11) is -3.20. The first-order chi connectivity index (χ1) is 10.4. The summed E-state index contributed by atoms with van der Waals surface area (Å²) in [6, 6.07) is 7.56. The number of anilines is 1. The van der Waals surface area contributed by atoms with Crippen molar-refractivity contribution in [1.29, 1.82) is 0 Å². The molecule has 2 N–H and O–H groups in total. The Hall–Kier alpha value is -1.44. The van der Waals surface area contributed by atoms with Crippen molar-refractivity contribution in [3.8, 4) is 0 Å². The van der Waals surface area contributed by atoms with Crippen LogP contribution in [0.25, 0.3) is 0 Å². The smallest absolute Gasteiger partial charge is 0.241 e. The number of nitrogens with one attached hydrogen (secondary N) is 2. The molecule has 7 heteroatoms. The van der Waals surface area contributed by atoms with Gasteiger partial charge in [-0.3, -0.25) is 9.69 Å². The Morgan fingerprint density at radius 2 is 2.05 bits per heavy atom. The van der Waals surface area contributed by atoms with Crippen LogP contribution in [0.4, 0.5) is 5.69 Å². The van der Waals surface area contributed by atoms with Gasteiger partial charge in [0.1, 0.15) is 0 Å². The number of likely N-dealkylation sites (tertiary alicyclic amines) is 1. The molecule has 1 aromatic carbocycles. The van der Waals surface area contributed by atoms with Crippen molar-refractivity contribution in [3.05, 3.63) is 29.8 Å². The second-order valence-corrected chi connectivity index (χ2v) is 7.85. The molecule has 1 saturated heterocycles. The van der Waals surface area contributed by atoms with Crippen LogP contribution in [0.5, 0.6) is 0 Å². The van der Waals surface area contributed by atoms with Crippen LogP contribution >= 0.6 is 0 Å². The number of hydrogen-bond acceptors (Lipinski definition) is 4. The number of sulfonamides is 1. The molecule has 6 nitrogen and oxygen atoms in total. The molecule has 0 spiro atoms. The molecule has 22 heavy (non-hydrogen) atoms. The molecule has 1 fully saturated rings. The van der Waals surface area contributed by atoms with Gasteiger partial charge in [-0.1, -0.05) is 18.2 Å². The van der Waals surface area contributed by atoms with Gasteiger partial charge in [0, 0.05) is 24.8 Å². The average molecular weight is 323 g/mol. The lowest BCUT2D eigenvalue weighted by Gasteiger charge is -2.25. The Labute approximate surface area is 130 Å². The third-order valence-corrected chi connectivity index (χ3v) is 5.07. The molecule has 2 heterocycles. The van der Waals surface area contributed by atoms with Crippen LogP contribution in [0, 0.1) is 0 Å². The van der Waals surface area contributed by atoms with Gasteiger partial charge in [0.2, 0.25) is 15.9 Å². The van der Waals surface area contributed by atoms with E-state index in [4.69, 9.17) is 0 Å².